The number of rotatable bonds is 3. The first-order valence-electron chi connectivity index (χ1n) is 7.16. The van der Waals surface area contributed by atoms with Crippen molar-refractivity contribution in [3.63, 3.8) is 0 Å². The van der Waals surface area contributed by atoms with Crippen LogP contribution >= 0.6 is 0 Å². The average Bonchev–Trinajstić information content (AvgIpc) is 2.81. The number of alkyl halides is 3. The van der Waals surface area contributed by atoms with Crippen molar-refractivity contribution >= 4 is 0 Å². The lowest BCUT2D eigenvalue weighted by Gasteiger charge is -2.21. The van der Waals surface area contributed by atoms with Crippen molar-refractivity contribution in [3.05, 3.63) is 17.5 Å². The molecule has 1 aliphatic heterocycles. The van der Waals surface area contributed by atoms with Gasteiger partial charge in [-0.05, 0) is 38.2 Å². The number of hydrogen-bond acceptors (Lipinski definition) is 2. The van der Waals surface area contributed by atoms with Crippen LogP contribution in [0.5, 0.6) is 0 Å². The zero-order valence-electron chi connectivity index (χ0n) is 12.3. The molecule has 0 aromatic carbocycles. The van der Waals surface area contributed by atoms with E-state index in [0.29, 0.717) is 18.2 Å². The molecule has 20 heavy (non-hydrogen) atoms. The number of ether oxygens (including phenoxy) is 1. The van der Waals surface area contributed by atoms with E-state index in [0.717, 1.165) is 38.5 Å². The lowest BCUT2D eigenvalue weighted by atomic mass is 9.97. The summed E-state index contributed by atoms with van der Waals surface area (Å²) in [7, 11) is 0. The van der Waals surface area contributed by atoms with Crippen molar-refractivity contribution in [2.45, 2.75) is 52.8 Å². The Labute approximate surface area is 118 Å². The Morgan fingerprint density at radius 3 is 2.40 bits per heavy atom. The van der Waals surface area contributed by atoms with Gasteiger partial charge in [-0.25, -0.2) is 0 Å². The summed E-state index contributed by atoms with van der Waals surface area (Å²) in [5.41, 5.74) is -0.235. The number of hydrogen-bond donors (Lipinski definition) is 0. The fourth-order valence-electron chi connectivity index (χ4n) is 2.21. The van der Waals surface area contributed by atoms with E-state index < -0.39 is 11.9 Å². The van der Waals surface area contributed by atoms with Gasteiger partial charge in [0, 0.05) is 25.5 Å². The summed E-state index contributed by atoms with van der Waals surface area (Å²) in [5, 5.41) is 3.63. The number of aryl methyl sites for hydroxylation is 2. The first-order valence-corrected chi connectivity index (χ1v) is 7.16. The minimum absolute atomic E-state index is 0.539. The minimum Gasteiger partial charge on any atom is -0.381 e. The van der Waals surface area contributed by atoms with E-state index in [2.05, 4.69) is 5.10 Å². The van der Waals surface area contributed by atoms with Gasteiger partial charge >= 0.3 is 6.18 Å². The topological polar surface area (TPSA) is 27.1 Å². The second-order valence-electron chi connectivity index (χ2n) is 4.74. The zero-order valence-corrected chi connectivity index (χ0v) is 12.3. The Morgan fingerprint density at radius 1 is 1.30 bits per heavy atom. The van der Waals surface area contributed by atoms with E-state index in [1.165, 1.54) is 4.68 Å². The predicted octanol–water partition coefficient (Wildman–Crippen LogP) is 4.05. The standard InChI is InChI=1S/C12H17F3N2O.C2H6/c1-9-8-11(12(13,14)15)16-17(9)5-2-10-3-6-18-7-4-10;1-2/h8,10H,2-7H2,1H3;1-2H3. The van der Waals surface area contributed by atoms with Crippen LogP contribution in [0.2, 0.25) is 0 Å². The molecule has 1 fully saturated rings. The average molecular weight is 292 g/mol. The Morgan fingerprint density at radius 2 is 1.90 bits per heavy atom. The van der Waals surface area contributed by atoms with Crippen LogP contribution in [0, 0.1) is 12.8 Å². The molecule has 2 heterocycles. The molecule has 1 aliphatic rings. The van der Waals surface area contributed by atoms with E-state index in [4.69, 9.17) is 4.74 Å². The van der Waals surface area contributed by atoms with E-state index in [9.17, 15) is 13.2 Å². The third-order valence-corrected chi connectivity index (χ3v) is 3.36. The largest absolute Gasteiger partial charge is 0.435 e. The molecule has 1 aromatic rings. The first kappa shape index (κ1) is 17.0. The molecule has 0 atom stereocenters. The van der Waals surface area contributed by atoms with Crippen molar-refractivity contribution < 1.29 is 17.9 Å². The van der Waals surface area contributed by atoms with Gasteiger partial charge in [0.2, 0.25) is 0 Å². The van der Waals surface area contributed by atoms with E-state index >= 15 is 0 Å². The van der Waals surface area contributed by atoms with Crippen LogP contribution in [0.1, 0.15) is 44.5 Å². The molecule has 0 N–H and O–H groups in total. The zero-order chi connectivity index (χ0) is 15.2. The molecule has 116 valence electrons. The Balaban J connectivity index is 0.000000956. The third-order valence-electron chi connectivity index (χ3n) is 3.36. The molecule has 3 nitrogen and oxygen atoms in total. The van der Waals surface area contributed by atoms with Crippen LogP contribution in [0.15, 0.2) is 6.07 Å². The highest BCUT2D eigenvalue weighted by atomic mass is 19.4. The lowest BCUT2D eigenvalue weighted by molar-refractivity contribution is -0.141. The summed E-state index contributed by atoms with van der Waals surface area (Å²) in [6.07, 6.45) is -1.50. The first-order chi connectivity index (χ1) is 9.47. The molecule has 0 unspecified atom stereocenters. The van der Waals surface area contributed by atoms with Gasteiger partial charge in [0.15, 0.2) is 5.69 Å². The highest BCUT2D eigenvalue weighted by Gasteiger charge is 2.34. The van der Waals surface area contributed by atoms with Gasteiger partial charge in [0.1, 0.15) is 0 Å². The molecule has 1 saturated heterocycles. The van der Waals surface area contributed by atoms with Crippen LogP contribution in [0.25, 0.3) is 0 Å². The van der Waals surface area contributed by atoms with Gasteiger partial charge in [0.05, 0.1) is 0 Å². The summed E-state index contributed by atoms with van der Waals surface area (Å²) in [6.45, 7) is 7.73. The Bertz CT molecular complexity index is 396. The molecule has 2 rings (SSSR count). The van der Waals surface area contributed by atoms with E-state index in [1.807, 2.05) is 13.8 Å². The van der Waals surface area contributed by atoms with Gasteiger partial charge in [-0.15, -0.1) is 0 Å². The molecule has 6 heteroatoms. The number of aromatic nitrogens is 2. The molecule has 0 spiro atoms. The van der Waals surface area contributed by atoms with Gasteiger partial charge < -0.3 is 4.74 Å². The molecular formula is C14H23F3N2O. The van der Waals surface area contributed by atoms with Gasteiger partial charge in [0.25, 0.3) is 0 Å². The van der Waals surface area contributed by atoms with Crippen molar-refractivity contribution in [2.24, 2.45) is 5.92 Å². The molecule has 0 saturated carbocycles. The fraction of sp³-hybridized carbons (Fsp3) is 0.786. The van der Waals surface area contributed by atoms with Crippen LogP contribution < -0.4 is 0 Å². The Kier molecular flexibility index (Phi) is 6.52. The normalized spacial score (nSPS) is 16.7. The van der Waals surface area contributed by atoms with Gasteiger partial charge in [-0.1, -0.05) is 13.8 Å². The van der Waals surface area contributed by atoms with Crippen LogP contribution in [0.4, 0.5) is 13.2 Å². The summed E-state index contributed by atoms with van der Waals surface area (Å²) in [6, 6.07) is 1.10. The van der Waals surface area contributed by atoms with Crippen molar-refractivity contribution in [3.8, 4) is 0 Å². The second kappa shape index (κ2) is 7.67. The Hall–Kier alpha value is -1.04. The quantitative estimate of drug-likeness (QED) is 0.840. The summed E-state index contributed by atoms with van der Waals surface area (Å²) < 4.78 is 44.2. The summed E-state index contributed by atoms with van der Waals surface area (Å²) in [5.74, 6) is 0.539. The maximum Gasteiger partial charge on any atom is 0.435 e. The van der Waals surface area contributed by atoms with Crippen molar-refractivity contribution in [2.75, 3.05) is 13.2 Å². The molecule has 0 radical (unpaired) electrons. The molecule has 0 aliphatic carbocycles. The molecule has 1 aromatic heterocycles. The number of nitrogens with zero attached hydrogens (tertiary/aromatic N) is 2. The maximum absolute atomic E-state index is 12.5. The SMILES string of the molecule is CC.Cc1cc(C(F)(F)F)nn1CCC1CCOCC1. The van der Waals surface area contributed by atoms with Crippen LogP contribution in [0.3, 0.4) is 0 Å². The molecule has 0 amide bonds. The molecule has 0 bridgehead atoms. The predicted molar refractivity (Wildman–Crippen MR) is 71.5 cm³/mol. The fourth-order valence-corrected chi connectivity index (χ4v) is 2.21. The van der Waals surface area contributed by atoms with Crippen molar-refractivity contribution in [1.82, 2.24) is 9.78 Å². The monoisotopic (exact) mass is 292 g/mol. The van der Waals surface area contributed by atoms with Gasteiger partial charge in [-0.2, -0.15) is 18.3 Å². The maximum atomic E-state index is 12.5. The highest BCUT2D eigenvalue weighted by Crippen LogP contribution is 2.28. The van der Waals surface area contributed by atoms with E-state index in [-0.39, 0.29) is 0 Å². The summed E-state index contributed by atoms with van der Waals surface area (Å²) in [4.78, 5) is 0. The van der Waals surface area contributed by atoms with Crippen LogP contribution in [-0.4, -0.2) is 23.0 Å². The highest BCUT2D eigenvalue weighted by molar-refractivity contribution is 5.11. The summed E-state index contributed by atoms with van der Waals surface area (Å²) >= 11 is 0. The van der Waals surface area contributed by atoms with Crippen LogP contribution in [-0.2, 0) is 17.5 Å². The smallest absolute Gasteiger partial charge is 0.381 e. The number of halogens is 3. The van der Waals surface area contributed by atoms with E-state index in [1.54, 1.807) is 6.92 Å². The second-order valence-corrected chi connectivity index (χ2v) is 4.74. The van der Waals surface area contributed by atoms with Crippen molar-refractivity contribution in [1.29, 1.82) is 0 Å². The third kappa shape index (κ3) is 4.81. The minimum atomic E-state index is -4.35. The lowest BCUT2D eigenvalue weighted by Crippen LogP contribution is -2.18. The van der Waals surface area contributed by atoms with Gasteiger partial charge in [-0.3, -0.25) is 4.68 Å². The molecular weight excluding hydrogens is 269 g/mol.